The van der Waals surface area contributed by atoms with E-state index in [2.05, 4.69) is 15.0 Å². The molecular formula is C27H27F2N5O4. The van der Waals surface area contributed by atoms with Gasteiger partial charge in [0.25, 0.3) is 0 Å². The number of esters is 1. The van der Waals surface area contributed by atoms with Crippen LogP contribution in [-0.4, -0.2) is 64.3 Å². The molecule has 9 nitrogen and oxygen atoms in total. The maximum atomic E-state index is 12.9. The van der Waals surface area contributed by atoms with Gasteiger partial charge in [0.15, 0.2) is 5.60 Å². The topological polar surface area (TPSA) is 91.1 Å². The second kappa shape index (κ2) is 10.3. The lowest BCUT2D eigenvalue weighted by Gasteiger charge is -2.38. The Balaban J connectivity index is 1.41. The van der Waals surface area contributed by atoms with Crippen LogP contribution in [0, 0.1) is 6.92 Å². The molecule has 1 atom stereocenters. The van der Waals surface area contributed by atoms with Gasteiger partial charge in [-0.05, 0) is 32.0 Å². The minimum absolute atomic E-state index is 0.142. The fourth-order valence-corrected chi connectivity index (χ4v) is 4.65. The largest absolute Gasteiger partial charge is 0.467 e. The number of methoxy groups -OCH3 is 1. The summed E-state index contributed by atoms with van der Waals surface area (Å²) in [5.74, 6) is 0.188. The van der Waals surface area contributed by atoms with E-state index in [1.807, 2.05) is 34.6 Å². The molecule has 0 radical (unpaired) electrons. The summed E-state index contributed by atoms with van der Waals surface area (Å²) in [4.78, 5) is 27.8. The quantitative estimate of drug-likeness (QED) is 0.335. The molecule has 1 unspecified atom stereocenters. The van der Waals surface area contributed by atoms with Crippen LogP contribution in [0.4, 0.5) is 14.7 Å². The number of carbonyl (C=O) groups excluding carboxylic acids is 1. The van der Waals surface area contributed by atoms with Gasteiger partial charge in [0.05, 0.1) is 26.0 Å². The molecule has 3 aromatic heterocycles. The van der Waals surface area contributed by atoms with Crippen LogP contribution < -0.4 is 9.64 Å². The van der Waals surface area contributed by atoms with Crippen molar-refractivity contribution >= 4 is 17.6 Å². The molecule has 1 fully saturated rings. The second-order valence-electron chi connectivity index (χ2n) is 9.22. The Morgan fingerprint density at radius 3 is 2.66 bits per heavy atom. The fourth-order valence-electron chi connectivity index (χ4n) is 4.65. The van der Waals surface area contributed by atoms with Crippen LogP contribution in [0.25, 0.3) is 16.8 Å². The summed E-state index contributed by atoms with van der Waals surface area (Å²) in [6.45, 7) is 1.85. The molecule has 0 spiro atoms. The number of nitrogens with zero attached hydrogens (tertiary/aromatic N) is 5. The van der Waals surface area contributed by atoms with E-state index in [9.17, 15) is 13.6 Å². The van der Waals surface area contributed by atoms with E-state index in [1.165, 1.54) is 13.2 Å². The maximum Gasteiger partial charge on any atom is 0.387 e. The first-order valence-electron chi connectivity index (χ1n) is 12.1. The summed E-state index contributed by atoms with van der Waals surface area (Å²) in [6, 6.07) is 10.6. The van der Waals surface area contributed by atoms with Gasteiger partial charge in [0, 0.05) is 53.9 Å². The number of aryl methyl sites for hydroxylation is 1. The summed E-state index contributed by atoms with van der Waals surface area (Å²) in [6.07, 6.45) is 5.75. The van der Waals surface area contributed by atoms with Gasteiger partial charge < -0.3 is 23.5 Å². The lowest BCUT2D eigenvalue weighted by molar-refractivity contribution is -0.168. The molecule has 4 aromatic rings. The van der Waals surface area contributed by atoms with Crippen molar-refractivity contribution < 1.29 is 27.8 Å². The molecule has 0 amide bonds. The number of ether oxygens (including phenoxy) is 3. The van der Waals surface area contributed by atoms with E-state index in [4.69, 9.17) is 14.2 Å². The second-order valence-corrected chi connectivity index (χ2v) is 9.22. The Morgan fingerprint density at radius 2 is 1.92 bits per heavy atom. The number of carbonyl (C=O) groups is 1. The maximum absolute atomic E-state index is 12.9. The molecule has 11 heteroatoms. The van der Waals surface area contributed by atoms with Crippen LogP contribution in [0.2, 0.25) is 0 Å². The third kappa shape index (κ3) is 5.01. The van der Waals surface area contributed by atoms with Gasteiger partial charge in [0.2, 0.25) is 5.95 Å². The zero-order chi connectivity index (χ0) is 26.9. The Labute approximate surface area is 218 Å². The molecule has 0 N–H and O–H groups in total. The summed E-state index contributed by atoms with van der Waals surface area (Å²) < 4.78 is 43.0. The third-order valence-electron chi connectivity index (χ3n) is 6.61. The standard InChI is InChI=1S/C27H27F2N5O4/c1-17-21(12-18-6-4-5-7-22(18)38-25(28)29)34-15-19(8-9-23(34)32-17)20-13-30-26(31-14-20)33-10-11-37-27(2,16-33)24(35)36-3/h4-9,13-15,25H,10-12,16H2,1-3H3. The average Bonchev–Trinajstić information content (AvgIpc) is 3.23. The molecular weight excluding hydrogens is 496 g/mol. The van der Waals surface area contributed by atoms with Gasteiger partial charge in [-0.25, -0.2) is 19.7 Å². The fraction of sp³-hybridized carbons (Fsp3) is 0.333. The van der Waals surface area contributed by atoms with Crippen molar-refractivity contribution in [2.24, 2.45) is 0 Å². The van der Waals surface area contributed by atoms with Crippen molar-refractivity contribution in [3.05, 3.63) is 71.9 Å². The first-order chi connectivity index (χ1) is 18.3. The van der Waals surface area contributed by atoms with Crippen LogP contribution in [0.1, 0.15) is 23.9 Å². The highest BCUT2D eigenvalue weighted by molar-refractivity contribution is 5.80. The van der Waals surface area contributed by atoms with Crippen LogP contribution in [0.15, 0.2) is 55.0 Å². The van der Waals surface area contributed by atoms with E-state index in [1.54, 1.807) is 37.5 Å². The van der Waals surface area contributed by atoms with Gasteiger partial charge in [-0.3, -0.25) is 0 Å². The van der Waals surface area contributed by atoms with Crippen LogP contribution in [0.3, 0.4) is 0 Å². The zero-order valence-electron chi connectivity index (χ0n) is 21.2. The molecule has 4 heterocycles. The SMILES string of the molecule is COC(=O)C1(C)CN(c2ncc(-c3ccc4nc(C)c(Cc5ccccc5OC(F)F)n4c3)cn2)CCO1. The molecule has 1 aliphatic heterocycles. The predicted molar refractivity (Wildman–Crippen MR) is 135 cm³/mol. The van der Waals surface area contributed by atoms with Gasteiger partial charge in [-0.2, -0.15) is 8.78 Å². The van der Waals surface area contributed by atoms with E-state index >= 15 is 0 Å². The lowest BCUT2D eigenvalue weighted by atomic mass is 10.1. The number of para-hydroxylation sites is 1. The Bertz CT molecular complexity index is 1460. The smallest absolute Gasteiger partial charge is 0.387 e. The molecule has 38 heavy (non-hydrogen) atoms. The lowest BCUT2D eigenvalue weighted by Crippen LogP contribution is -2.55. The Morgan fingerprint density at radius 1 is 1.16 bits per heavy atom. The number of halogens is 2. The average molecular weight is 524 g/mol. The normalized spacial score (nSPS) is 17.7. The van der Waals surface area contributed by atoms with Crippen LogP contribution in [0.5, 0.6) is 5.75 Å². The Kier molecular flexibility index (Phi) is 6.94. The number of alkyl halides is 2. The van der Waals surface area contributed by atoms with Crippen LogP contribution >= 0.6 is 0 Å². The number of morpholine rings is 1. The monoisotopic (exact) mass is 523 g/mol. The van der Waals surface area contributed by atoms with Gasteiger partial charge in [-0.1, -0.05) is 18.2 Å². The molecule has 1 aromatic carbocycles. The number of benzene rings is 1. The minimum atomic E-state index is -2.90. The number of anilines is 1. The molecule has 0 aliphatic carbocycles. The number of aromatic nitrogens is 4. The Hall–Kier alpha value is -4.12. The number of hydrogen-bond donors (Lipinski definition) is 0. The molecule has 198 valence electrons. The summed E-state index contributed by atoms with van der Waals surface area (Å²) in [7, 11) is 1.33. The van der Waals surface area contributed by atoms with Crippen molar-refractivity contribution in [1.29, 1.82) is 0 Å². The highest BCUT2D eigenvalue weighted by atomic mass is 19.3. The van der Waals surface area contributed by atoms with Gasteiger partial charge >= 0.3 is 12.6 Å². The van der Waals surface area contributed by atoms with Gasteiger partial charge in [-0.15, -0.1) is 0 Å². The van der Waals surface area contributed by atoms with E-state index in [0.717, 1.165) is 28.2 Å². The minimum Gasteiger partial charge on any atom is -0.467 e. The first-order valence-corrected chi connectivity index (χ1v) is 12.1. The third-order valence-corrected chi connectivity index (χ3v) is 6.61. The van der Waals surface area contributed by atoms with Crippen molar-refractivity contribution in [2.75, 3.05) is 31.7 Å². The van der Waals surface area contributed by atoms with E-state index in [-0.39, 0.29) is 12.3 Å². The number of hydrogen-bond acceptors (Lipinski definition) is 8. The van der Waals surface area contributed by atoms with Crippen molar-refractivity contribution in [1.82, 2.24) is 19.4 Å². The molecule has 1 saturated heterocycles. The summed E-state index contributed by atoms with van der Waals surface area (Å²) >= 11 is 0. The molecule has 5 rings (SSSR count). The number of fused-ring (bicyclic) bond motifs is 1. The highest BCUT2D eigenvalue weighted by Crippen LogP contribution is 2.28. The van der Waals surface area contributed by atoms with E-state index in [0.29, 0.717) is 31.1 Å². The highest BCUT2D eigenvalue weighted by Gasteiger charge is 2.41. The van der Waals surface area contributed by atoms with Crippen molar-refractivity contribution in [2.45, 2.75) is 32.5 Å². The summed E-state index contributed by atoms with van der Waals surface area (Å²) in [5.41, 5.74) is 3.59. The van der Waals surface area contributed by atoms with Crippen molar-refractivity contribution in [3.63, 3.8) is 0 Å². The predicted octanol–water partition coefficient (Wildman–Crippen LogP) is 4.06. The molecule has 0 saturated carbocycles. The summed E-state index contributed by atoms with van der Waals surface area (Å²) in [5, 5.41) is 0. The van der Waals surface area contributed by atoms with Gasteiger partial charge in [0.1, 0.15) is 11.4 Å². The zero-order valence-corrected chi connectivity index (χ0v) is 21.2. The van der Waals surface area contributed by atoms with E-state index < -0.39 is 18.2 Å². The number of pyridine rings is 1. The molecule has 0 bridgehead atoms. The van der Waals surface area contributed by atoms with Crippen molar-refractivity contribution in [3.8, 4) is 16.9 Å². The first kappa shape index (κ1) is 25.5. The number of rotatable bonds is 7. The number of imidazole rings is 1. The van der Waals surface area contributed by atoms with Crippen LogP contribution in [-0.2, 0) is 20.7 Å². The molecule has 1 aliphatic rings.